The fraction of sp³-hybridized carbons (Fsp3) is 0.385. The first kappa shape index (κ1) is 16.1. The summed E-state index contributed by atoms with van der Waals surface area (Å²) >= 11 is 0. The fourth-order valence-electron chi connectivity index (χ4n) is 1.13. The molecular formula is C13H20N2O3. The predicted octanol–water partition coefficient (Wildman–Crippen LogP) is -0.750. The molecule has 1 unspecified atom stereocenters. The second-order valence-corrected chi connectivity index (χ2v) is 4.26. The van der Waals surface area contributed by atoms with Crippen LogP contribution in [0.15, 0.2) is 30.3 Å². The van der Waals surface area contributed by atoms with Crippen molar-refractivity contribution < 1.29 is 20.4 Å². The monoisotopic (exact) mass is 252 g/mol. The summed E-state index contributed by atoms with van der Waals surface area (Å²) in [5.74, 6) is -1.71. The van der Waals surface area contributed by atoms with Crippen molar-refractivity contribution in [3.8, 4) is 0 Å². The molecule has 1 amide bonds. The normalized spacial score (nSPS) is 11.2. The van der Waals surface area contributed by atoms with E-state index in [-0.39, 0.29) is 0 Å². The van der Waals surface area contributed by atoms with Crippen molar-refractivity contribution in [3.05, 3.63) is 35.9 Å². The van der Waals surface area contributed by atoms with Gasteiger partial charge < -0.3 is 21.0 Å². The van der Waals surface area contributed by atoms with Gasteiger partial charge in [0.2, 0.25) is 5.91 Å². The van der Waals surface area contributed by atoms with Crippen LogP contribution in [0.25, 0.3) is 0 Å². The zero-order valence-corrected chi connectivity index (χ0v) is 11.0. The van der Waals surface area contributed by atoms with Gasteiger partial charge in [-0.1, -0.05) is 30.3 Å². The minimum Gasteiger partial charge on any atom is -0.548 e. The highest BCUT2D eigenvalue weighted by molar-refractivity contribution is 5.82. The first-order chi connectivity index (χ1) is 8.34. The number of nitrogens with one attached hydrogen (secondary N) is 1. The molecule has 0 saturated carbocycles. The number of carbonyl (C=O) groups excluding carboxylic acids is 2. The van der Waals surface area contributed by atoms with Gasteiger partial charge in [-0.2, -0.15) is 0 Å². The molecule has 5 nitrogen and oxygen atoms in total. The van der Waals surface area contributed by atoms with Crippen LogP contribution in [0.5, 0.6) is 0 Å². The summed E-state index contributed by atoms with van der Waals surface area (Å²) in [5.41, 5.74) is 4.14. The Labute approximate surface area is 107 Å². The highest BCUT2D eigenvalue weighted by atomic mass is 16.4. The molecule has 4 N–H and O–H groups in total. The van der Waals surface area contributed by atoms with E-state index in [4.69, 9.17) is 0 Å². The summed E-state index contributed by atoms with van der Waals surface area (Å²) in [6.45, 7) is 5.37. The van der Waals surface area contributed by atoms with E-state index < -0.39 is 17.9 Å². The molecular weight excluding hydrogens is 232 g/mol. The second kappa shape index (κ2) is 8.25. The third-order valence-corrected chi connectivity index (χ3v) is 1.72. The number of quaternary nitrogens is 1. The molecule has 0 aromatic heterocycles. The molecule has 5 heteroatoms. The maximum atomic E-state index is 10.7. The lowest BCUT2D eigenvalue weighted by atomic mass is 10.1. The molecule has 0 fully saturated rings. The van der Waals surface area contributed by atoms with E-state index in [1.54, 1.807) is 30.3 Å². The number of carbonyl (C=O) groups is 2. The van der Waals surface area contributed by atoms with E-state index in [0.717, 1.165) is 0 Å². The molecule has 0 bridgehead atoms. The van der Waals surface area contributed by atoms with Crippen LogP contribution in [0.1, 0.15) is 32.4 Å². The fourth-order valence-corrected chi connectivity index (χ4v) is 1.13. The van der Waals surface area contributed by atoms with Gasteiger partial charge in [-0.25, -0.2) is 0 Å². The number of benzene rings is 1. The molecule has 0 radical (unpaired) electrons. The molecule has 100 valence electrons. The smallest absolute Gasteiger partial charge is 0.217 e. The second-order valence-electron chi connectivity index (χ2n) is 4.26. The summed E-state index contributed by atoms with van der Waals surface area (Å²) in [6.07, 6.45) is 0. The van der Waals surface area contributed by atoms with Crippen molar-refractivity contribution >= 4 is 11.9 Å². The number of hydrogen-bond donors (Lipinski definition) is 2. The molecule has 0 aliphatic carbocycles. The van der Waals surface area contributed by atoms with Crippen LogP contribution in [0, 0.1) is 0 Å². The van der Waals surface area contributed by atoms with Crippen molar-refractivity contribution in [2.45, 2.75) is 32.9 Å². The van der Waals surface area contributed by atoms with Crippen LogP contribution in [-0.4, -0.2) is 17.9 Å². The molecule has 0 saturated heterocycles. The molecule has 0 heterocycles. The highest BCUT2D eigenvalue weighted by Crippen LogP contribution is 2.10. The lowest BCUT2D eigenvalue weighted by Crippen LogP contribution is -2.57. The topological polar surface area (TPSA) is 96.9 Å². The van der Waals surface area contributed by atoms with E-state index >= 15 is 0 Å². The Morgan fingerprint density at radius 1 is 1.22 bits per heavy atom. The van der Waals surface area contributed by atoms with Gasteiger partial charge in [0.05, 0.1) is 18.1 Å². The molecule has 1 aromatic rings. The van der Waals surface area contributed by atoms with E-state index in [9.17, 15) is 14.7 Å². The number of carboxylic acids is 1. The van der Waals surface area contributed by atoms with Gasteiger partial charge in [0, 0.05) is 6.92 Å². The average molecular weight is 252 g/mol. The van der Waals surface area contributed by atoms with E-state index in [0.29, 0.717) is 11.6 Å². The summed E-state index contributed by atoms with van der Waals surface area (Å²) in [5, 5.41) is 13.0. The largest absolute Gasteiger partial charge is 0.548 e. The molecule has 0 spiro atoms. The number of aliphatic carboxylic acids is 1. The third-order valence-electron chi connectivity index (χ3n) is 1.72. The van der Waals surface area contributed by atoms with Gasteiger partial charge in [-0.3, -0.25) is 4.79 Å². The Bertz CT molecular complexity index is 374. The quantitative estimate of drug-likeness (QED) is 0.740. The molecule has 18 heavy (non-hydrogen) atoms. The minimum absolute atomic E-state index is 0.400. The number of amides is 1. The zero-order chi connectivity index (χ0) is 14.1. The SMILES string of the molecule is CC(=O)NC(C(=O)[O-])c1ccccc1.CC(C)[NH3+]. The van der Waals surface area contributed by atoms with Gasteiger partial charge in [0.25, 0.3) is 0 Å². The van der Waals surface area contributed by atoms with Crippen LogP contribution in [0.2, 0.25) is 0 Å². The van der Waals surface area contributed by atoms with E-state index in [1.807, 2.05) is 0 Å². The van der Waals surface area contributed by atoms with Crippen molar-refractivity contribution in [2.75, 3.05) is 0 Å². The summed E-state index contributed by atoms with van der Waals surface area (Å²) < 4.78 is 0. The van der Waals surface area contributed by atoms with Crippen LogP contribution < -0.4 is 16.2 Å². The lowest BCUT2D eigenvalue weighted by Gasteiger charge is -2.18. The number of rotatable bonds is 3. The first-order valence-corrected chi connectivity index (χ1v) is 5.70. The van der Waals surface area contributed by atoms with Gasteiger partial charge in [-0.15, -0.1) is 0 Å². The maximum absolute atomic E-state index is 10.7. The van der Waals surface area contributed by atoms with Crippen LogP contribution in [0.3, 0.4) is 0 Å². The van der Waals surface area contributed by atoms with Gasteiger partial charge >= 0.3 is 0 Å². The Balaban J connectivity index is 0.000000631. The molecule has 0 aliphatic heterocycles. The molecule has 1 rings (SSSR count). The zero-order valence-electron chi connectivity index (χ0n) is 11.0. The van der Waals surface area contributed by atoms with Crippen molar-refractivity contribution in [3.63, 3.8) is 0 Å². The van der Waals surface area contributed by atoms with E-state index in [2.05, 4.69) is 24.9 Å². The number of hydrogen-bond acceptors (Lipinski definition) is 3. The standard InChI is InChI=1S/C10H11NO3.C3H9N/c1-7(12)11-9(10(13)14)8-5-3-2-4-6-8;1-3(2)4/h2-6,9H,1H3,(H,11,12)(H,13,14);3H,4H2,1-2H3. The lowest BCUT2D eigenvalue weighted by molar-refractivity contribution is -0.407. The predicted molar refractivity (Wildman–Crippen MR) is 66.0 cm³/mol. The Morgan fingerprint density at radius 2 is 1.67 bits per heavy atom. The van der Waals surface area contributed by atoms with Crippen molar-refractivity contribution in [1.29, 1.82) is 0 Å². The summed E-state index contributed by atoms with van der Waals surface area (Å²) in [7, 11) is 0. The molecule has 1 aromatic carbocycles. The Hall–Kier alpha value is -1.88. The molecule has 0 aliphatic rings. The van der Waals surface area contributed by atoms with Gasteiger partial charge in [0.15, 0.2) is 0 Å². The Morgan fingerprint density at radius 3 is 2.00 bits per heavy atom. The minimum atomic E-state index is -1.31. The molecule has 1 atom stereocenters. The van der Waals surface area contributed by atoms with Gasteiger partial charge in [0.1, 0.15) is 0 Å². The third kappa shape index (κ3) is 7.40. The summed E-state index contributed by atoms with van der Waals surface area (Å²) in [6, 6.07) is 7.92. The average Bonchev–Trinajstić information content (AvgIpc) is 2.25. The number of carboxylic acid groups (broad SMARTS) is 1. The summed E-state index contributed by atoms with van der Waals surface area (Å²) in [4.78, 5) is 21.4. The van der Waals surface area contributed by atoms with Crippen molar-refractivity contribution in [1.82, 2.24) is 5.32 Å². The first-order valence-electron chi connectivity index (χ1n) is 5.70. The van der Waals surface area contributed by atoms with Crippen LogP contribution in [-0.2, 0) is 9.59 Å². The Kier molecular flexibility index (Phi) is 7.38. The van der Waals surface area contributed by atoms with Crippen LogP contribution in [0.4, 0.5) is 0 Å². The van der Waals surface area contributed by atoms with Crippen molar-refractivity contribution in [2.24, 2.45) is 0 Å². The highest BCUT2D eigenvalue weighted by Gasteiger charge is 2.12. The van der Waals surface area contributed by atoms with Gasteiger partial charge in [-0.05, 0) is 19.4 Å². The van der Waals surface area contributed by atoms with E-state index in [1.165, 1.54) is 6.92 Å². The maximum Gasteiger partial charge on any atom is 0.217 e. The van der Waals surface area contributed by atoms with Crippen LogP contribution >= 0.6 is 0 Å².